The monoisotopic (exact) mass is 640 g/mol. The molecule has 8 nitrogen and oxygen atoms in total. The van der Waals surface area contributed by atoms with E-state index in [2.05, 4.69) is 62.7 Å². The number of hydrogen-bond donors (Lipinski definition) is 1. The largest absolute Gasteiger partial charge is 0.335 e. The Kier molecular flexibility index (Phi) is 7.90. The Hall–Kier alpha value is -4.28. The second-order valence-electron chi connectivity index (χ2n) is 10.2. The highest BCUT2D eigenvalue weighted by Gasteiger charge is 2.32. The van der Waals surface area contributed by atoms with Gasteiger partial charge >= 0.3 is 6.03 Å². The van der Waals surface area contributed by atoms with Crippen molar-refractivity contribution in [2.24, 2.45) is 0 Å². The number of piperazine rings is 1. The predicted molar refractivity (Wildman–Crippen MR) is 170 cm³/mol. The van der Waals surface area contributed by atoms with Gasteiger partial charge in [0.05, 0.1) is 28.8 Å². The van der Waals surface area contributed by atoms with E-state index in [1.54, 1.807) is 20.7 Å². The van der Waals surface area contributed by atoms with Gasteiger partial charge in [0, 0.05) is 41.1 Å². The average Bonchev–Trinajstić information content (AvgIpc) is 3.65. The summed E-state index contributed by atoms with van der Waals surface area (Å²) < 4.78 is 2.55. The Morgan fingerprint density at radius 3 is 2.36 bits per heavy atom. The summed E-state index contributed by atoms with van der Waals surface area (Å²) in [6.45, 7) is 5.17. The molecule has 5 aromatic rings. The summed E-state index contributed by atoms with van der Waals surface area (Å²) in [5, 5.41) is 10.2. The van der Waals surface area contributed by atoms with Crippen molar-refractivity contribution >= 4 is 44.9 Å². The zero-order valence-corrected chi connectivity index (χ0v) is 25.6. The molecular formula is C32H29BrN6O2S. The third-order valence-corrected chi connectivity index (χ3v) is 9.00. The minimum absolute atomic E-state index is 0.0928. The molecule has 0 saturated carbocycles. The van der Waals surface area contributed by atoms with Crippen LogP contribution in [0, 0.1) is 6.92 Å². The number of aromatic nitrogens is 3. The summed E-state index contributed by atoms with van der Waals surface area (Å²) in [6, 6.07) is 25.8. The van der Waals surface area contributed by atoms with Crippen LogP contribution in [0.15, 0.2) is 94.9 Å². The number of nitrogens with zero attached hydrogens (tertiary/aromatic N) is 5. The van der Waals surface area contributed by atoms with Crippen LogP contribution in [-0.2, 0) is 0 Å². The van der Waals surface area contributed by atoms with Crippen LogP contribution in [-0.4, -0.2) is 62.2 Å². The number of rotatable bonds is 5. The zero-order valence-electron chi connectivity index (χ0n) is 23.2. The first-order valence-electron chi connectivity index (χ1n) is 13.7. The molecule has 3 amide bonds. The average molecular weight is 642 g/mol. The smallest absolute Gasteiger partial charge is 0.322 e. The van der Waals surface area contributed by atoms with E-state index in [1.807, 2.05) is 61.7 Å². The molecule has 1 saturated heterocycles. The van der Waals surface area contributed by atoms with Crippen molar-refractivity contribution in [2.75, 3.05) is 25.0 Å². The van der Waals surface area contributed by atoms with E-state index >= 15 is 0 Å². The molecule has 1 unspecified atom stereocenters. The Morgan fingerprint density at radius 2 is 1.62 bits per heavy atom. The van der Waals surface area contributed by atoms with Gasteiger partial charge in [-0.05, 0) is 53.0 Å². The molecular weight excluding hydrogens is 612 g/mol. The second kappa shape index (κ2) is 11.9. The predicted octanol–water partition coefficient (Wildman–Crippen LogP) is 7.11. The van der Waals surface area contributed by atoms with Crippen molar-refractivity contribution in [3.05, 3.63) is 106 Å². The highest BCUT2D eigenvalue weighted by Crippen LogP contribution is 2.28. The topological polar surface area (TPSA) is 83.4 Å². The quantitative estimate of drug-likeness (QED) is 0.222. The maximum absolute atomic E-state index is 13.5. The third kappa shape index (κ3) is 5.60. The molecule has 0 bridgehead atoms. The maximum Gasteiger partial charge on any atom is 0.322 e. The molecule has 3 heterocycles. The zero-order chi connectivity index (χ0) is 29.2. The maximum atomic E-state index is 13.5. The Labute approximate surface area is 256 Å². The molecule has 1 fully saturated rings. The number of carbonyl (C=O) groups excluding carboxylic acids is 2. The van der Waals surface area contributed by atoms with Gasteiger partial charge in [0.1, 0.15) is 0 Å². The van der Waals surface area contributed by atoms with Crippen LogP contribution in [0.1, 0.15) is 23.0 Å². The summed E-state index contributed by atoms with van der Waals surface area (Å²) in [5.74, 6) is -0.0928. The molecule has 42 heavy (non-hydrogen) atoms. The lowest BCUT2D eigenvalue weighted by molar-refractivity contribution is 0.0591. The van der Waals surface area contributed by atoms with Gasteiger partial charge in [0.25, 0.3) is 5.91 Å². The van der Waals surface area contributed by atoms with E-state index in [1.165, 1.54) is 16.9 Å². The van der Waals surface area contributed by atoms with Crippen molar-refractivity contribution < 1.29 is 9.59 Å². The van der Waals surface area contributed by atoms with Crippen molar-refractivity contribution in [1.82, 2.24) is 24.6 Å². The van der Waals surface area contributed by atoms with Crippen molar-refractivity contribution in [3.63, 3.8) is 0 Å². The Morgan fingerprint density at radius 1 is 0.929 bits per heavy atom. The van der Waals surface area contributed by atoms with Gasteiger partial charge in [0.15, 0.2) is 0 Å². The van der Waals surface area contributed by atoms with E-state index in [-0.39, 0.29) is 18.0 Å². The van der Waals surface area contributed by atoms with Gasteiger partial charge in [-0.1, -0.05) is 66.7 Å². The van der Waals surface area contributed by atoms with Crippen molar-refractivity contribution in [3.8, 4) is 27.5 Å². The van der Waals surface area contributed by atoms with E-state index in [4.69, 9.17) is 4.98 Å². The van der Waals surface area contributed by atoms with Crippen LogP contribution in [0.25, 0.3) is 27.5 Å². The summed E-state index contributed by atoms with van der Waals surface area (Å²) in [7, 11) is 0. The second-order valence-corrected chi connectivity index (χ2v) is 11.9. The number of benzene rings is 3. The Balaban J connectivity index is 1.12. The van der Waals surface area contributed by atoms with Crippen LogP contribution in [0.4, 0.5) is 10.5 Å². The fourth-order valence-electron chi connectivity index (χ4n) is 5.13. The molecule has 212 valence electrons. The highest BCUT2D eigenvalue weighted by atomic mass is 79.9. The van der Waals surface area contributed by atoms with E-state index in [0.717, 1.165) is 27.0 Å². The summed E-state index contributed by atoms with van der Waals surface area (Å²) in [4.78, 5) is 34.9. The van der Waals surface area contributed by atoms with Crippen LogP contribution in [0.3, 0.4) is 0 Å². The van der Waals surface area contributed by atoms with Gasteiger partial charge in [-0.2, -0.15) is 5.10 Å². The number of nitrogens with one attached hydrogen (secondary N) is 1. The molecule has 1 aliphatic heterocycles. The molecule has 1 N–H and O–H groups in total. The molecule has 0 spiro atoms. The van der Waals surface area contributed by atoms with Crippen LogP contribution >= 0.6 is 27.3 Å². The van der Waals surface area contributed by atoms with Crippen LogP contribution < -0.4 is 5.32 Å². The number of anilines is 1. The lowest BCUT2D eigenvalue weighted by atomic mass is 10.0. The molecule has 0 radical (unpaired) electrons. The number of hydrogen-bond acceptors (Lipinski definition) is 5. The molecule has 6 rings (SSSR count). The van der Waals surface area contributed by atoms with Gasteiger partial charge < -0.3 is 15.1 Å². The number of thiazole rings is 1. The SMILES string of the molecule is Cc1c(C(=O)N2CCN(C(=O)Nc3ccccc3Br)C(C)C2)cnn1-c1nc(-c2ccc(-c3ccccc3)cc2)cs1. The first-order valence-corrected chi connectivity index (χ1v) is 15.3. The van der Waals surface area contributed by atoms with E-state index < -0.39 is 0 Å². The number of urea groups is 1. The summed E-state index contributed by atoms with van der Waals surface area (Å²) in [6.07, 6.45) is 1.62. The lowest BCUT2D eigenvalue weighted by Gasteiger charge is -2.39. The van der Waals surface area contributed by atoms with Crippen molar-refractivity contribution in [1.29, 1.82) is 0 Å². The molecule has 1 aliphatic rings. The van der Waals surface area contributed by atoms with Gasteiger partial charge in [-0.3, -0.25) is 4.79 Å². The molecule has 3 aromatic carbocycles. The fourth-order valence-corrected chi connectivity index (χ4v) is 6.36. The number of halogens is 1. The van der Waals surface area contributed by atoms with E-state index in [9.17, 15) is 9.59 Å². The van der Waals surface area contributed by atoms with E-state index in [0.29, 0.717) is 36.0 Å². The molecule has 2 aromatic heterocycles. The normalized spacial score (nSPS) is 15.1. The van der Waals surface area contributed by atoms with Crippen LogP contribution in [0.2, 0.25) is 0 Å². The minimum Gasteiger partial charge on any atom is -0.335 e. The molecule has 1 atom stereocenters. The fraction of sp³-hybridized carbons (Fsp3) is 0.188. The standard InChI is InChI=1S/C32H29BrN6O2S/c1-21-19-37(16-17-38(21)31(41)35-28-11-7-6-10-27(28)33)30(40)26-18-34-39(22(26)2)32-36-29(20-42-32)25-14-12-24(13-15-25)23-8-4-3-5-9-23/h3-15,18,20-21H,16-17,19H2,1-2H3,(H,35,41). The highest BCUT2D eigenvalue weighted by molar-refractivity contribution is 9.10. The number of para-hydroxylation sites is 1. The summed E-state index contributed by atoms with van der Waals surface area (Å²) in [5.41, 5.74) is 6.20. The minimum atomic E-state index is -0.181. The third-order valence-electron chi connectivity index (χ3n) is 7.49. The molecule has 0 aliphatic carbocycles. The van der Waals surface area contributed by atoms with Gasteiger partial charge in [0.2, 0.25) is 5.13 Å². The van der Waals surface area contributed by atoms with Gasteiger partial charge in [-0.15, -0.1) is 11.3 Å². The number of amides is 3. The van der Waals surface area contributed by atoms with Gasteiger partial charge in [-0.25, -0.2) is 14.5 Å². The molecule has 10 heteroatoms. The Bertz CT molecular complexity index is 1730. The first-order chi connectivity index (χ1) is 20.4. The number of carbonyl (C=O) groups is 2. The summed E-state index contributed by atoms with van der Waals surface area (Å²) >= 11 is 4.96. The van der Waals surface area contributed by atoms with Crippen molar-refractivity contribution in [2.45, 2.75) is 19.9 Å². The lowest BCUT2D eigenvalue weighted by Crippen LogP contribution is -2.56. The van der Waals surface area contributed by atoms with Crippen LogP contribution in [0.5, 0.6) is 0 Å². The first kappa shape index (κ1) is 27.9.